The lowest BCUT2D eigenvalue weighted by Gasteiger charge is -2.06. The molecule has 0 aliphatic rings. The zero-order chi connectivity index (χ0) is 14.8. The summed E-state index contributed by atoms with van der Waals surface area (Å²) in [5.41, 5.74) is 0.327. The fraction of sp³-hybridized carbons (Fsp3) is 0. The van der Waals surface area contributed by atoms with Crippen LogP contribution in [-0.4, -0.2) is 24.3 Å². The Hall–Kier alpha value is -2.03. The summed E-state index contributed by atoms with van der Waals surface area (Å²) in [5.74, 6) is -0.541. The van der Waals surface area contributed by atoms with Crippen LogP contribution in [0.2, 0.25) is 5.15 Å². The lowest BCUT2D eigenvalue weighted by molar-refractivity contribution is 0.102. The molecule has 0 unspecified atom stereocenters. The quantitative estimate of drug-likeness (QED) is 0.878. The molecule has 0 atom stereocenters. The Morgan fingerprint density at radius 1 is 1.25 bits per heavy atom. The zero-order valence-electron chi connectivity index (χ0n) is 9.95. The maximum Gasteiger partial charge on any atom is 0.275 e. The summed E-state index contributed by atoms with van der Waals surface area (Å²) in [7, 11) is -3.83. The molecule has 0 fully saturated rings. The van der Waals surface area contributed by atoms with Gasteiger partial charge in [-0.1, -0.05) is 17.7 Å². The van der Waals surface area contributed by atoms with E-state index in [9.17, 15) is 13.2 Å². The number of amides is 1. The Morgan fingerprint density at radius 3 is 2.60 bits per heavy atom. The average molecular weight is 313 g/mol. The monoisotopic (exact) mass is 312 g/mol. The average Bonchev–Trinajstić information content (AvgIpc) is 2.38. The Labute approximate surface area is 119 Å². The van der Waals surface area contributed by atoms with E-state index in [1.165, 1.54) is 36.7 Å². The Bertz CT molecular complexity index is 747. The van der Waals surface area contributed by atoms with Gasteiger partial charge < -0.3 is 5.32 Å². The Balaban J connectivity index is 2.22. The molecule has 1 heterocycles. The van der Waals surface area contributed by atoms with Crippen LogP contribution in [-0.2, 0) is 10.0 Å². The lowest BCUT2D eigenvalue weighted by atomic mass is 10.3. The summed E-state index contributed by atoms with van der Waals surface area (Å²) in [4.78, 5) is 19.3. The van der Waals surface area contributed by atoms with Crippen molar-refractivity contribution < 1.29 is 13.2 Å². The first-order valence-corrected chi connectivity index (χ1v) is 7.20. The van der Waals surface area contributed by atoms with Gasteiger partial charge in [0.15, 0.2) is 0 Å². The minimum Gasteiger partial charge on any atom is -0.321 e. The van der Waals surface area contributed by atoms with Gasteiger partial charge >= 0.3 is 0 Å². The molecule has 1 aromatic carbocycles. The first-order valence-electron chi connectivity index (χ1n) is 5.28. The number of primary sulfonamides is 1. The van der Waals surface area contributed by atoms with Gasteiger partial charge in [-0.2, -0.15) is 0 Å². The number of nitrogens with two attached hydrogens (primary N) is 1. The highest BCUT2D eigenvalue weighted by molar-refractivity contribution is 7.89. The number of carbonyl (C=O) groups excluding carboxylic acids is 1. The number of anilines is 1. The van der Waals surface area contributed by atoms with Crippen LogP contribution in [0.3, 0.4) is 0 Å². The van der Waals surface area contributed by atoms with E-state index in [-0.39, 0.29) is 21.4 Å². The van der Waals surface area contributed by atoms with Crippen molar-refractivity contribution in [1.82, 2.24) is 9.97 Å². The van der Waals surface area contributed by atoms with E-state index < -0.39 is 15.9 Å². The molecule has 0 radical (unpaired) electrons. The number of benzene rings is 1. The van der Waals surface area contributed by atoms with Crippen LogP contribution < -0.4 is 10.5 Å². The van der Waals surface area contributed by atoms with E-state index >= 15 is 0 Å². The van der Waals surface area contributed by atoms with Crippen molar-refractivity contribution >= 4 is 33.2 Å². The molecule has 2 aromatic rings. The smallest absolute Gasteiger partial charge is 0.275 e. The van der Waals surface area contributed by atoms with Gasteiger partial charge in [0, 0.05) is 5.69 Å². The summed E-state index contributed by atoms with van der Waals surface area (Å²) in [6.45, 7) is 0. The number of carbonyl (C=O) groups is 1. The Morgan fingerprint density at radius 2 is 2.00 bits per heavy atom. The first-order chi connectivity index (χ1) is 9.36. The normalized spacial score (nSPS) is 11.1. The topological polar surface area (TPSA) is 115 Å². The molecule has 1 amide bonds. The summed E-state index contributed by atoms with van der Waals surface area (Å²) in [6.07, 6.45) is 2.44. The SMILES string of the molecule is NS(=O)(=O)c1cccc(NC(=O)c2cnc(Cl)cn2)c1. The van der Waals surface area contributed by atoms with Crippen LogP contribution in [0.25, 0.3) is 0 Å². The predicted octanol–water partition coefficient (Wildman–Crippen LogP) is 1.03. The molecular formula is C11H9ClN4O3S. The van der Waals surface area contributed by atoms with Crippen LogP contribution in [0, 0.1) is 0 Å². The van der Waals surface area contributed by atoms with Crippen molar-refractivity contribution in [2.24, 2.45) is 5.14 Å². The fourth-order valence-electron chi connectivity index (χ4n) is 1.38. The van der Waals surface area contributed by atoms with Crippen LogP contribution in [0.4, 0.5) is 5.69 Å². The number of nitrogens with one attached hydrogen (secondary N) is 1. The van der Waals surface area contributed by atoms with E-state index in [1.54, 1.807) is 0 Å². The summed E-state index contributed by atoms with van der Waals surface area (Å²) in [5, 5.41) is 7.66. The van der Waals surface area contributed by atoms with Gasteiger partial charge in [0.1, 0.15) is 10.8 Å². The number of aromatic nitrogens is 2. The van der Waals surface area contributed by atoms with Crippen molar-refractivity contribution in [2.45, 2.75) is 4.90 Å². The third-order valence-electron chi connectivity index (χ3n) is 2.27. The second kappa shape index (κ2) is 5.53. The van der Waals surface area contributed by atoms with E-state index in [1.807, 2.05) is 0 Å². The van der Waals surface area contributed by atoms with Gasteiger partial charge in [0.05, 0.1) is 17.3 Å². The van der Waals surface area contributed by atoms with E-state index in [0.717, 1.165) is 0 Å². The molecule has 0 aliphatic carbocycles. The highest BCUT2D eigenvalue weighted by Gasteiger charge is 2.11. The van der Waals surface area contributed by atoms with Crippen molar-refractivity contribution in [3.63, 3.8) is 0 Å². The number of nitrogens with zero attached hydrogens (tertiary/aromatic N) is 2. The van der Waals surface area contributed by atoms with Gasteiger partial charge in [-0.25, -0.2) is 23.5 Å². The lowest BCUT2D eigenvalue weighted by Crippen LogP contribution is -2.15. The molecule has 0 saturated heterocycles. The van der Waals surface area contributed by atoms with Gasteiger partial charge in [-0.3, -0.25) is 4.79 Å². The predicted molar refractivity (Wildman–Crippen MR) is 72.8 cm³/mol. The summed E-state index contributed by atoms with van der Waals surface area (Å²) < 4.78 is 22.4. The summed E-state index contributed by atoms with van der Waals surface area (Å²) in [6, 6.07) is 5.56. The molecule has 0 spiro atoms. The van der Waals surface area contributed by atoms with Crippen molar-refractivity contribution in [1.29, 1.82) is 0 Å². The molecule has 2 rings (SSSR count). The first kappa shape index (κ1) is 14.4. The van der Waals surface area contributed by atoms with Crippen LogP contribution in [0.15, 0.2) is 41.6 Å². The van der Waals surface area contributed by atoms with Gasteiger partial charge in [0.25, 0.3) is 5.91 Å². The minimum absolute atomic E-state index is 0.0513. The number of hydrogen-bond acceptors (Lipinski definition) is 5. The standard InChI is InChI=1S/C11H9ClN4O3S/c12-10-6-14-9(5-15-10)11(17)16-7-2-1-3-8(4-7)20(13,18)19/h1-6H,(H,16,17)(H2,13,18,19). The van der Waals surface area contributed by atoms with Gasteiger partial charge in [-0.15, -0.1) is 0 Å². The summed E-state index contributed by atoms with van der Waals surface area (Å²) >= 11 is 5.56. The van der Waals surface area contributed by atoms with Crippen LogP contribution in [0.1, 0.15) is 10.5 Å². The maximum absolute atomic E-state index is 11.8. The van der Waals surface area contributed by atoms with Crippen LogP contribution >= 0.6 is 11.6 Å². The van der Waals surface area contributed by atoms with Crippen molar-refractivity contribution in [2.75, 3.05) is 5.32 Å². The second-order valence-corrected chi connectivity index (χ2v) is 5.70. The largest absolute Gasteiger partial charge is 0.321 e. The zero-order valence-corrected chi connectivity index (χ0v) is 11.5. The van der Waals surface area contributed by atoms with Gasteiger partial charge in [-0.05, 0) is 18.2 Å². The molecular weight excluding hydrogens is 304 g/mol. The van der Waals surface area contributed by atoms with E-state index in [0.29, 0.717) is 0 Å². The number of hydrogen-bond donors (Lipinski definition) is 2. The molecule has 104 valence electrons. The molecule has 9 heteroatoms. The highest BCUT2D eigenvalue weighted by atomic mass is 35.5. The van der Waals surface area contributed by atoms with Crippen molar-refractivity contribution in [3.8, 4) is 0 Å². The Kier molecular flexibility index (Phi) is 3.98. The molecule has 3 N–H and O–H groups in total. The highest BCUT2D eigenvalue weighted by Crippen LogP contribution is 2.14. The van der Waals surface area contributed by atoms with E-state index in [2.05, 4.69) is 15.3 Å². The van der Waals surface area contributed by atoms with E-state index in [4.69, 9.17) is 16.7 Å². The molecule has 1 aromatic heterocycles. The third kappa shape index (κ3) is 3.50. The third-order valence-corrected chi connectivity index (χ3v) is 3.38. The van der Waals surface area contributed by atoms with Gasteiger partial charge in [0.2, 0.25) is 10.0 Å². The molecule has 20 heavy (non-hydrogen) atoms. The fourth-order valence-corrected chi connectivity index (χ4v) is 2.03. The number of sulfonamides is 1. The maximum atomic E-state index is 11.8. The molecule has 0 saturated carbocycles. The molecule has 7 nitrogen and oxygen atoms in total. The number of rotatable bonds is 3. The minimum atomic E-state index is -3.83. The second-order valence-electron chi connectivity index (χ2n) is 3.75. The molecule has 0 bridgehead atoms. The van der Waals surface area contributed by atoms with Crippen molar-refractivity contribution in [3.05, 3.63) is 47.5 Å². The molecule has 0 aliphatic heterocycles. The number of halogens is 1. The van der Waals surface area contributed by atoms with Crippen LogP contribution in [0.5, 0.6) is 0 Å².